The summed E-state index contributed by atoms with van der Waals surface area (Å²) in [5.74, 6) is 2.24. The van der Waals surface area contributed by atoms with E-state index in [1.807, 2.05) is 30.4 Å². The molecule has 0 bridgehead atoms. The Morgan fingerprint density at radius 1 is 1.50 bits per heavy atom. The highest BCUT2D eigenvalue weighted by atomic mass is 32.2. The summed E-state index contributed by atoms with van der Waals surface area (Å²) in [7, 11) is 0. The molecule has 4 heteroatoms. The van der Waals surface area contributed by atoms with Crippen LogP contribution < -0.4 is 0 Å². The highest BCUT2D eigenvalue weighted by Crippen LogP contribution is 2.45. The van der Waals surface area contributed by atoms with Crippen molar-refractivity contribution >= 4 is 29.5 Å². The van der Waals surface area contributed by atoms with Crippen LogP contribution in [0.4, 0.5) is 0 Å². The Morgan fingerprint density at radius 2 is 2.08 bits per heavy atom. The van der Waals surface area contributed by atoms with E-state index in [2.05, 4.69) is 6.92 Å². The van der Waals surface area contributed by atoms with Gasteiger partial charge < -0.3 is 4.74 Å². The van der Waals surface area contributed by atoms with Gasteiger partial charge in [-0.1, -0.05) is 0 Å². The molecule has 70 valence electrons. The quantitative estimate of drug-likeness (QED) is 0.661. The van der Waals surface area contributed by atoms with Crippen molar-refractivity contribution in [2.45, 2.75) is 24.3 Å². The summed E-state index contributed by atoms with van der Waals surface area (Å²) in [5.41, 5.74) is 0. The molecule has 1 rings (SSSR count). The summed E-state index contributed by atoms with van der Waals surface area (Å²) in [4.78, 5) is 11.2. The second kappa shape index (κ2) is 4.42. The molecular formula is C8H14O2S2. The first-order chi connectivity index (χ1) is 5.66. The van der Waals surface area contributed by atoms with Crippen molar-refractivity contribution in [1.29, 1.82) is 0 Å². The standard InChI is InChI=1S/C8H14O2S2/c1-3-10-7(9)6-8(2)11-4-5-12-8/h3-6H2,1-2H3. The van der Waals surface area contributed by atoms with Crippen molar-refractivity contribution in [3.63, 3.8) is 0 Å². The van der Waals surface area contributed by atoms with E-state index < -0.39 is 0 Å². The zero-order valence-corrected chi connectivity index (χ0v) is 9.09. The van der Waals surface area contributed by atoms with Gasteiger partial charge >= 0.3 is 5.97 Å². The normalized spacial score (nSPS) is 20.8. The van der Waals surface area contributed by atoms with Crippen LogP contribution in [0.5, 0.6) is 0 Å². The summed E-state index contributed by atoms with van der Waals surface area (Å²) < 4.78 is 4.98. The van der Waals surface area contributed by atoms with Crippen LogP contribution in [0.2, 0.25) is 0 Å². The monoisotopic (exact) mass is 206 g/mol. The lowest BCUT2D eigenvalue weighted by Crippen LogP contribution is -2.19. The highest BCUT2D eigenvalue weighted by molar-refractivity contribution is 8.21. The summed E-state index contributed by atoms with van der Waals surface area (Å²) in [6.45, 7) is 4.45. The Balaban J connectivity index is 2.33. The molecule has 1 fully saturated rings. The molecule has 0 radical (unpaired) electrons. The van der Waals surface area contributed by atoms with Crippen LogP contribution in [-0.4, -0.2) is 28.2 Å². The van der Waals surface area contributed by atoms with Gasteiger partial charge in [0.15, 0.2) is 0 Å². The molecule has 2 nitrogen and oxygen atoms in total. The van der Waals surface area contributed by atoms with Gasteiger partial charge in [0.05, 0.1) is 17.1 Å². The van der Waals surface area contributed by atoms with Gasteiger partial charge in [0.2, 0.25) is 0 Å². The van der Waals surface area contributed by atoms with Crippen LogP contribution in [-0.2, 0) is 9.53 Å². The number of thioether (sulfide) groups is 2. The van der Waals surface area contributed by atoms with E-state index >= 15 is 0 Å². The maximum atomic E-state index is 11.2. The molecule has 0 amide bonds. The Hall–Kier alpha value is 0.170. The van der Waals surface area contributed by atoms with Crippen molar-refractivity contribution in [2.24, 2.45) is 0 Å². The van der Waals surface area contributed by atoms with Crippen molar-refractivity contribution < 1.29 is 9.53 Å². The van der Waals surface area contributed by atoms with Crippen LogP contribution in [0, 0.1) is 0 Å². The second-order valence-electron chi connectivity index (χ2n) is 2.81. The van der Waals surface area contributed by atoms with E-state index in [0.29, 0.717) is 13.0 Å². The van der Waals surface area contributed by atoms with Crippen LogP contribution in [0.15, 0.2) is 0 Å². The molecule has 1 saturated heterocycles. The molecule has 0 atom stereocenters. The Bertz CT molecular complexity index is 164. The average Bonchev–Trinajstić information content (AvgIpc) is 2.36. The Labute approximate surface area is 81.8 Å². The number of ether oxygens (including phenoxy) is 1. The first-order valence-corrected chi connectivity index (χ1v) is 6.07. The summed E-state index contributed by atoms with van der Waals surface area (Å²) in [6.07, 6.45) is 0.538. The number of rotatable bonds is 3. The third-order valence-corrected chi connectivity index (χ3v) is 4.96. The molecule has 1 heterocycles. The van der Waals surface area contributed by atoms with E-state index in [0.717, 1.165) is 11.5 Å². The maximum Gasteiger partial charge on any atom is 0.308 e. The lowest BCUT2D eigenvalue weighted by Gasteiger charge is -2.19. The maximum absolute atomic E-state index is 11.2. The number of esters is 1. The smallest absolute Gasteiger partial charge is 0.308 e. The lowest BCUT2D eigenvalue weighted by atomic mass is 10.3. The molecule has 0 aromatic carbocycles. The van der Waals surface area contributed by atoms with Gasteiger partial charge in [-0.15, -0.1) is 23.5 Å². The average molecular weight is 206 g/mol. The minimum Gasteiger partial charge on any atom is -0.466 e. The summed E-state index contributed by atoms with van der Waals surface area (Å²) in [5, 5.41) is 0. The number of hydrogen-bond donors (Lipinski definition) is 0. The lowest BCUT2D eigenvalue weighted by molar-refractivity contribution is -0.143. The number of carbonyl (C=O) groups is 1. The van der Waals surface area contributed by atoms with Gasteiger partial charge in [-0.3, -0.25) is 4.79 Å². The first-order valence-electron chi connectivity index (χ1n) is 4.10. The molecule has 0 unspecified atom stereocenters. The molecule has 0 saturated carbocycles. The molecule has 1 aliphatic heterocycles. The van der Waals surface area contributed by atoms with E-state index in [1.54, 1.807) is 0 Å². The van der Waals surface area contributed by atoms with E-state index in [4.69, 9.17) is 4.74 Å². The van der Waals surface area contributed by atoms with Gasteiger partial charge in [0.25, 0.3) is 0 Å². The summed E-state index contributed by atoms with van der Waals surface area (Å²) >= 11 is 3.72. The second-order valence-corrected chi connectivity index (χ2v) is 6.27. The third-order valence-electron chi connectivity index (χ3n) is 1.67. The fourth-order valence-corrected chi connectivity index (χ4v) is 3.94. The molecule has 0 N–H and O–H groups in total. The molecule has 12 heavy (non-hydrogen) atoms. The van der Waals surface area contributed by atoms with Gasteiger partial charge in [0, 0.05) is 11.5 Å². The fourth-order valence-electron chi connectivity index (χ4n) is 1.13. The van der Waals surface area contributed by atoms with Gasteiger partial charge in [-0.25, -0.2) is 0 Å². The van der Waals surface area contributed by atoms with Gasteiger partial charge in [-0.05, 0) is 13.8 Å². The van der Waals surface area contributed by atoms with Crippen molar-refractivity contribution in [3.8, 4) is 0 Å². The molecular weight excluding hydrogens is 192 g/mol. The SMILES string of the molecule is CCOC(=O)CC1(C)SCCS1. The number of carbonyl (C=O) groups excluding carboxylic acids is 1. The fraction of sp³-hybridized carbons (Fsp3) is 0.875. The zero-order chi connectivity index (χ0) is 9.03. The largest absolute Gasteiger partial charge is 0.466 e. The van der Waals surface area contributed by atoms with Gasteiger partial charge in [0.1, 0.15) is 0 Å². The van der Waals surface area contributed by atoms with Crippen LogP contribution >= 0.6 is 23.5 Å². The van der Waals surface area contributed by atoms with E-state index in [-0.39, 0.29) is 10.0 Å². The number of hydrogen-bond acceptors (Lipinski definition) is 4. The van der Waals surface area contributed by atoms with Crippen molar-refractivity contribution in [3.05, 3.63) is 0 Å². The Kier molecular flexibility index (Phi) is 3.77. The van der Waals surface area contributed by atoms with Crippen LogP contribution in [0.3, 0.4) is 0 Å². The zero-order valence-electron chi connectivity index (χ0n) is 7.46. The van der Waals surface area contributed by atoms with Crippen molar-refractivity contribution in [2.75, 3.05) is 18.1 Å². The topological polar surface area (TPSA) is 26.3 Å². The predicted octanol–water partition coefficient (Wildman–Crippen LogP) is 2.14. The molecule has 0 aliphatic carbocycles. The van der Waals surface area contributed by atoms with Crippen LogP contribution in [0.25, 0.3) is 0 Å². The first kappa shape index (κ1) is 10.3. The molecule has 0 spiro atoms. The highest BCUT2D eigenvalue weighted by Gasteiger charge is 2.33. The molecule has 1 aliphatic rings. The summed E-state index contributed by atoms with van der Waals surface area (Å²) in [6, 6.07) is 0. The third kappa shape index (κ3) is 2.90. The van der Waals surface area contributed by atoms with Gasteiger partial charge in [-0.2, -0.15) is 0 Å². The van der Waals surface area contributed by atoms with Crippen LogP contribution in [0.1, 0.15) is 20.3 Å². The molecule has 0 aromatic heterocycles. The molecule has 0 aromatic rings. The predicted molar refractivity (Wildman–Crippen MR) is 54.6 cm³/mol. The van der Waals surface area contributed by atoms with E-state index in [9.17, 15) is 4.79 Å². The van der Waals surface area contributed by atoms with E-state index in [1.165, 1.54) is 0 Å². The Morgan fingerprint density at radius 3 is 2.58 bits per heavy atom. The minimum absolute atomic E-state index is 0.0677. The van der Waals surface area contributed by atoms with Crippen molar-refractivity contribution in [1.82, 2.24) is 0 Å². The minimum atomic E-state index is -0.0677.